The first-order chi connectivity index (χ1) is 13.6. The lowest BCUT2D eigenvalue weighted by Gasteiger charge is -2.10. The van der Waals surface area contributed by atoms with Crippen LogP contribution in [0.1, 0.15) is 26.5 Å². The van der Waals surface area contributed by atoms with Crippen LogP contribution in [-0.2, 0) is 0 Å². The standard InChI is InChI=1S/C20H15ClN2O5/c1-26-18-11-13(12-22-23-19(24)17-7-4-10-27-17)8-9-16(18)28-20(25)14-5-2-3-6-15(14)21/h2-12H,1H3,(H,23,24)/b22-12-. The Kier molecular flexibility index (Phi) is 6.08. The van der Waals surface area contributed by atoms with Crippen molar-refractivity contribution in [2.24, 2.45) is 5.10 Å². The molecular formula is C20H15ClN2O5. The van der Waals surface area contributed by atoms with Crippen LogP contribution in [0.4, 0.5) is 0 Å². The molecule has 8 heteroatoms. The van der Waals surface area contributed by atoms with Crippen molar-refractivity contribution in [2.45, 2.75) is 0 Å². The maximum absolute atomic E-state index is 12.3. The van der Waals surface area contributed by atoms with Crippen molar-refractivity contribution >= 4 is 29.7 Å². The summed E-state index contributed by atoms with van der Waals surface area (Å²) >= 11 is 6.01. The third kappa shape index (κ3) is 4.57. The molecule has 0 saturated carbocycles. The number of nitrogens with zero attached hydrogens (tertiary/aromatic N) is 1. The molecule has 3 aromatic rings. The summed E-state index contributed by atoms with van der Waals surface area (Å²) in [5, 5.41) is 4.15. The Morgan fingerprint density at radius 1 is 1.11 bits per heavy atom. The topological polar surface area (TPSA) is 90.1 Å². The Morgan fingerprint density at radius 2 is 1.93 bits per heavy atom. The van der Waals surface area contributed by atoms with Gasteiger partial charge in [0.1, 0.15) is 0 Å². The number of halogens is 1. The molecule has 0 radical (unpaired) electrons. The monoisotopic (exact) mass is 398 g/mol. The van der Waals surface area contributed by atoms with Crippen LogP contribution in [0.2, 0.25) is 5.02 Å². The van der Waals surface area contributed by atoms with Crippen LogP contribution in [-0.4, -0.2) is 25.2 Å². The van der Waals surface area contributed by atoms with Crippen LogP contribution in [0, 0.1) is 0 Å². The number of rotatable bonds is 6. The van der Waals surface area contributed by atoms with Gasteiger partial charge in [-0.2, -0.15) is 5.10 Å². The van der Waals surface area contributed by atoms with Gasteiger partial charge < -0.3 is 13.9 Å². The smallest absolute Gasteiger partial charge is 0.345 e. The Bertz CT molecular complexity index is 1020. The lowest BCUT2D eigenvalue weighted by Crippen LogP contribution is -2.16. The summed E-state index contributed by atoms with van der Waals surface area (Å²) in [4.78, 5) is 24.0. The summed E-state index contributed by atoms with van der Waals surface area (Å²) in [6.07, 6.45) is 2.81. The van der Waals surface area contributed by atoms with Crippen LogP contribution >= 0.6 is 11.6 Å². The molecule has 0 aliphatic heterocycles. The molecule has 28 heavy (non-hydrogen) atoms. The second-order valence-corrected chi connectivity index (χ2v) is 5.86. The molecule has 142 valence electrons. The highest BCUT2D eigenvalue weighted by Gasteiger charge is 2.15. The second kappa shape index (κ2) is 8.88. The fourth-order valence-electron chi connectivity index (χ4n) is 2.26. The van der Waals surface area contributed by atoms with Crippen molar-refractivity contribution in [3.05, 3.63) is 82.8 Å². The van der Waals surface area contributed by atoms with Gasteiger partial charge in [0.2, 0.25) is 0 Å². The third-order valence-electron chi connectivity index (χ3n) is 3.61. The van der Waals surface area contributed by atoms with Crippen LogP contribution < -0.4 is 14.9 Å². The minimum absolute atomic E-state index is 0.150. The zero-order chi connectivity index (χ0) is 19.9. The molecule has 7 nitrogen and oxygen atoms in total. The van der Waals surface area contributed by atoms with E-state index in [1.165, 1.54) is 25.7 Å². The quantitative estimate of drug-likeness (QED) is 0.294. The van der Waals surface area contributed by atoms with E-state index in [-0.39, 0.29) is 17.1 Å². The number of hydrazone groups is 1. The van der Waals surface area contributed by atoms with Gasteiger partial charge in [-0.25, -0.2) is 10.2 Å². The maximum Gasteiger partial charge on any atom is 0.345 e. The second-order valence-electron chi connectivity index (χ2n) is 5.46. The van der Waals surface area contributed by atoms with Gasteiger partial charge in [-0.15, -0.1) is 0 Å². The number of hydrogen-bond donors (Lipinski definition) is 1. The molecule has 0 aliphatic rings. The molecule has 0 fully saturated rings. The number of esters is 1. The van der Waals surface area contributed by atoms with Gasteiger partial charge in [0.05, 0.1) is 30.2 Å². The molecule has 0 unspecified atom stereocenters. The molecule has 0 bridgehead atoms. The Hall–Kier alpha value is -3.58. The lowest BCUT2D eigenvalue weighted by molar-refractivity contribution is 0.0729. The zero-order valence-electron chi connectivity index (χ0n) is 14.7. The molecule has 0 saturated heterocycles. The Labute approximate surface area is 165 Å². The minimum Gasteiger partial charge on any atom is -0.493 e. The minimum atomic E-state index is -0.601. The highest BCUT2D eigenvalue weighted by molar-refractivity contribution is 6.33. The van der Waals surface area contributed by atoms with Crippen molar-refractivity contribution in [1.29, 1.82) is 0 Å². The summed E-state index contributed by atoms with van der Waals surface area (Å²) in [5.74, 6) is -0.378. The number of benzene rings is 2. The molecule has 1 amide bonds. The van der Waals surface area contributed by atoms with Crippen molar-refractivity contribution in [3.8, 4) is 11.5 Å². The molecule has 0 aliphatic carbocycles. The fraction of sp³-hybridized carbons (Fsp3) is 0.0500. The van der Waals surface area contributed by atoms with E-state index in [0.717, 1.165) is 0 Å². The number of nitrogens with one attached hydrogen (secondary N) is 1. The number of carbonyl (C=O) groups excluding carboxylic acids is 2. The molecule has 3 rings (SSSR count). The third-order valence-corrected chi connectivity index (χ3v) is 3.94. The predicted molar refractivity (Wildman–Crippen MR) is 103 cm³/mol. The van der Waals surface area contributed by atoms with E-state index in [0.29, 0.717) is 16.3 Å². The number of carbonyl (C=O) groups is 2. The predicted octanol–water partition coefficient (Wildman–Crippen LogP) is 3.92. The molecule has 1 aromatic heterocycles. The number of amides is 1. The van der Waals surface area contributed by atoms with Crippen molar-refractivity contribution < 1.29 is 23.5 Å². The van der Waals surface area contributed by atoms with E-state index in [2.05, 4.69) is 10.5 Å². The highest BCUT2D eigenvalue weighted by Crippen LogP contribution is 2.29. The van der Waals surface area contributed by atoms with E-state index >= 15 is 0 Å². The zero-order valence-corrected chi connectivity index (χ0v) is 15.5. The van der Waals surface area contributed by atoms with Crippen LogP contribution in [0.5, 0.6) is 11.5 Å². The Balaban J connectivity index is 1.70. The van der Waals surface area contributed by atoms with Gasteiger partial charge in [-0.05, 0) is 48.0 Å². The van der Waals surface area contributed by atoms with Crippen molar-refractivity contribution in [1.82, 2.24) is 5.43 Å². The molecule has 0 atom stereocenters. The fourth-order valence-corrected chi connectivity index (χ4v) is 2.47. The van der Waals surface area contributed by atoms with Crippen LogP contribution in [0.15, 0.2) is 70.4 Å². The summed E-state index contributed by atoms with van der Waals surface area (Å²) < 4.78 is 15.6. The van der Waals surface area contributed by atoms with E-state index < -0.39 is 11.9 Å². The van der Waals surface area contributed by atoms with Crippen molar-refractivity contribution in [3.63, 3.8) is 0 Å². The first kappa shape index (κ1) is 19.2. The van der Waals surface area contributed by atoms with E-state index in [9.17, 15) is 9.59 Å². The van der Waals surface area contributed by atoms with Gasteiger partial charge in [0, 0.05) is 0 Å². The SMILES string of the molecule is COc1cc(/C=N\NC(=O)c2ccco2)ccc1OC(=O)c1ccccc1Cl. The normalized spacial score (nSPS) is 10.6. The van der Waals surface area contributed by atoms with Gasteiger partial charge in [-0.3, -0.25) is 4.79 Å². The van der Waals surface area contributed by atoms with E-state index in [1.54, 1.807) is 48.5 Å². The molecule has 2 aromatic carbocycles. The Morgan fingerprint density at radius 3 is 2.64 bits per heavy atom. The molecular weight excluding hydrogens is 384 g/mol. The summed E-state index contributed by atoms with van der Waals surface area (Å²) in [7, 11) is 1.45. The number of hydrogen-bond acceptors (Lipinski definition) is 6. The summed E-state index contributed by atoms with van der Waals surface area (Å²) in [6.45, 7) is 0. The van der Waals surface area contributed by atoms with Crippen molar-refractivity contribution in [2.75, 3.05) is 7.11 Å². The largest absolute Gasteiger partial charge is 0.493 e. The summed E-state index contributed by atoms with van der Waals surface area (Å²) in [5.41, 5.74) is 3.21. The van der Waals surface area contributed by atoms with Crippen LogP contribution in [0.25, 0.3) is 0 Å². The molecule has 1 heterocycles. The number of furan rings is 1. The van der Waals surface area contributed by atoms with E-state index in [1.807, 2.05) is 0 Å². The molecule has 1 N–H and O–H groups in total. The average molecular weight is 399 g/mol. The average Bonchev–Trinajstić information content (AvgIpc) is 3.24. The van der Waals surface area contributed by atoms with Crippen LogP contribution in [0.3, 0.4) is 0 Å². The number of methoxy groups -OCH3 is 1. The first-order valence-electron chi connectivity index (χ1n) is 8.10. The first-order valence-corrected chi connectivity index (χ1v) is 8.48. The highest BCUT2D eigenvalue weighted by atomic mass is 35.5. The maximum atomic E-state index is 12.3. The van der Waals surface area contributed by atoms with Gasteiger partial charge >= 0.3 is 11.9 Å². The lowest BCUT2D eigenvalue weighted by atomic mass is 10.2. The number of ether oxygens (including phenoxy) is 2. The van der Waals surface area contributed by atoms with Gasteiger partial charge in [0.15, 0.2) is 17.3 Å². The van der Waals surface area contributed by atoms with Gasteiger partial charge in [-0.1, -0.05) is 23.7 Å². The van der Waals surface area contributed by atoms with E-state index in [4.69, 9.17) is 25.5 Å². The molecule has 0 spiro atoms. The summed E-state index contributed by atoms with van der Waals surface area (Å²) in [6, 6.07) is 14.5. The van der Waals surface area contributed by atoms with Gasteiger partial charge in [0.25, 0.3) is 0 Å².